The minimum absolute atomic E-state index is 0.229. The first-order valence-corrected chi connectivity index (χ1v) is 14.6. The largest absolute Gasteiger partial charge is 0.242 e. The van der Waals surface area contributed by atoms with Gasteiger partial charge in [-0.25, -0.2) is 18.7 Å². The number of thiophene rings is 1. The van der Waals surface area contributed by atoms with Crippen molar-refractivity contribution in [3.05, 3.63) is 66.5 Å². The third-order valence-corrected chi connectivity index (χ3v) is 8.83. The van der Waals surface area contributed by atoms with Crippen LogP contribution in [0.4, 0.5) is 8.78 Å². The number of hydrogen-bond donors (Lipinski definition) is 0. The molecular formula is C25H22F2N2SSi. The Morgan fingerprint density at radius 3 is 2.52 bits per heavy atom. The zero-order valence-electron chi connectivity index (χ0n) is 17.6. The lowest BCUT2D eigenvalue weighted by Crippen LogP contribution is -2.38. The number of nitrogens with zero attached hydrogens (tertiary/aromatic N) is 2. The highest BCUT2D eigenvalue weighted by molar-refractivity contribution is 7.26. The molecule has 0 bridgehead atoms. The highest BCUT2D eigenvalue weighted by Crippen LogP contribution is 2.38. The fourth-order valence-corrected chi connectivity index (χ4v) is 7.05. The molecule has 5 aromatic rings. The predicted octanol–water partition coefficient (Wildman–Crippen LogP) is 7.02. The molecule has 156 valence electrons. The second-order valence-electron chi connectivity index (χ2n) is 8.92. The Labute approximate surface area is 184 Å². The Morgan fingerprint density at radius 2 is 1.74 bits per heavy atom. The third-order valence-electron chi connectivity index (χ3n) is 5.65. The lowest BCUT2D eigenvalue weighted by Gasteiger charge is -2.21. The highest BCUT2D eigenvalue weighted by atomic mass is 32.1. The molecule has 0 atom stereocenters. The van der Waals surface area contributed by atoms with Crippen LogP contribution < -0.4 is 5.19 Å². The molecule has 0 spiro atoms. The lowest BCUT2D eigenvalue weighted by molar-refractivity contribution is 0.149. The maximum atomic E-state index is 12.9. The van der Waals surface area contributed by atoms with Gasteiger partial charge < -0.3 is 0 Å². The maximum absolute atomic E-state index is 12.9. The number of aromatic nitrogens is 2. The summed E-state index contributed by atoms with van der Waals surface area (Å²) >= 11 is 1.58. The molecule has 0 fully saturated rings. The van der Waals surface area contributed by atoms with Gasteiger partial charge in [-0.3, -0.25) is 0 Å². The molecule has 0 saturated heterocycles. The average molecular weight is 449 g/mol. The molecule has 0 aliphatic rings. The summed E-state index contributed by atoms with van der Waals surface area (Å²) in [5.41, 5.74) is 3.53. The van der Waals surface area contributed by atoms with E-state index in [9.17, 15) is 8.78 Å². The maximum Gasteiger partial charge on any atom is 0.242 e. The van der Waals surface area contributed by atoms with Crippen molar-refractivity contribution in [2.45, 2.75) is 32.5 Å². The molecule has 3 aromatic carbocycles. The number of alkyl halides is 2. The molecule has 0 aliphatic heterocycles. The molecule has 2 heterocycles. The van der Waals surface area contributed by atoms with E-state index in [-0.39, 0.29) is 6.42 Å². The van der Waals surface area contributed by atoms with Crippen molar-refractivity contribution >= 4 is 55.7 Å². The Kier molecular flexibility index (Phi) is 4.87. The number of benzene rings is 3. The van der Waals surface area contributed by atoms with Gasteiger partial charge in [0.2, 0.25) is 6.43 Å². The van der Waals surface area contributed by atoms with E-state index in [1.807, 2.05) is 12.1 Å². The Morgan fingerprint density at radius 1 is 0.935 bits per heavy atom. The summed E-state index contributed by atoms with van der Waals surface area (Å²) in [6.07, 6.45) is -0.965. The predicted molar refractivity (Wildman–Crippen MR) is 131 cm³/mol. The van der Waals surface area contributed by atoms with Gasteiger partial charge in [0.1, 0.15) is 6.33 Å². The Bertz CT molecular complexity index is 1440. The summed E-state index contributed by atoms with van der Waals surface area (Å²) < 4.78 is 27.7. The van der Waals surface area contributed by atoms with E-state index in [0.717, 1.165) is 31.6 Å². The fourth-order valence-electron chi connectivity index (χ4n) is 4.20. The quantitative estimate of drug-likeness (QED) is 0.276. The topological polar surface area (TPSA) is 25.8 Å². The SMILES string of the molecule is C[Si](C)(C)c1cc(-c2ncnc3c2sc2cc(CC(F)F)ccc23)cc2ccccc12. The second-order valence-corrected chi connectivity index (χ2v) is 15.0. The first kappa shape index (κ1) is 20.2. The van der Waals surface area contributed by atoms with Crippen LogP contribution in [0.2, 0.25) is 19.6 Å². The number of rotatable bonds is 4. The van der Waals surface area contributed by atoms with Gasteiger partial charge in [0.15, 0.2) is 0 Å². The molecule has 2 aromatic heterocycles. The van der Waals surface area contributed by atoms with Crippen molar-refractivity contribution in [2.24, 2.45) is 0 Å². The van der Waals surface area contributed by atoms with Crippen LogP contribution in [0, 0.1) is 0 Å². The van der Waals surface area contributed by atoms with E-state index in [2.05, 4.69) is 66.0 Å². The van der Waals surface area contributed by atoms with Crippen molar-refractivity contribution in [1.82, 2.24) is 9.97 Å². The van der Waals surface area contributed by atoms with E-state index in [1.54, 1.807) is 23.7 Å². The summed E-state index contributed by atoms with van der Waals surface area (Å²) in [4.78, 5) is 9.21. The lowest BCUT2D eigenvalue weighted by atomic mass is 10.0. The molecule has 5 rings (SSSR count). The molecule has 0 amide bonds. The van der Waals surface area contributed by atoms with E-state index < -0.39 is 14.5 Å². The van der Waals surface area contributed by atoms with Crippen LogP contribution in [-0.2, 0) is 6.42 Å². The molecule has 31 heavy (non-hydrogen) atoms. The zero-order chi connectivity index (χ0) is 21.8. The van der Waals surface area contributed by atoms with Crippen molar-refractivity contribution in [3.63, 3.8) is 0 Å². The van der Waals surface area contributed by atoms with Gasteiger partial charge in [-0.1, -0.05) is 67.3 Å². The van der Waals surface area contributed by atoms with Crippen LogP contribution in [-0.4, -0.2) is 24.5 Å². The standard InChI is InChI=1S/C25H22F2N2SSi/c1-31(2,3)21-13-17(12-16-6-4-5-7-18(16)21)23-25-24(29-14-28-23)19-9-8-15(11-22(26)27)10-20(19)30-25/h4-10,12-14,22H,11H2,1-3H3. The average Bonchev–Trinajstić information content (AvgIpc) is 3.09. The summed E-state index contributed by atoms with van der Waals surface area (Å²) in [7, 11) is -1.60. The number of fused-ring (bicyclic) bond motifs is 4. The first-order valence-electron chi connectivity index (χ1n) is 10.3. The normalized spacial score (nSPS) is 12.5. The summed E-state index contributed by atoms with van der Waals surface area (Å²) in [5, 5.41) is 4.92. The minimum Gasteiger partial charge on any atom is -0.235 e. The van der Waals surface area contributed by atoms with E-state index in [4.69, 9.17) is 0 Å². The van der Waals surface area contributed by atoms with Crippen molar-refractivity contribution in [2.75, 3.05) is 0 Å². The zero-order valence-corrected chi connectivity index (χ0v) is 19.4. The third kappa shape index (κ3) is 3.64. The van der Waals surface area contributed by atoms with Crippen LogP contribution in [0.25, 0.3) is 42.3 Å². The van der Waals surface area contributed by atoms with Gasteiger partial charge in [0, 0.05) is 22.1 Å². The monoisotopic (exact) mass is 448 g/mol. The molecule has 0 aliphatic carbocycles. The van der Waals surface area contributed by atoms with Gasteiger partial charge in [0.25, 0.3) is 0 Å². The van der Waals surface area contributed by atoms with Gasteiger partial charge in [-0.15, -0.1) is 11.3 Å². The second kappa shape index (κ2) is 7.46. The van der Waals surface area contributed by atoms with Gasteiger partial charge >= 0.3 is 0 Å². The smallest absolute Gasteiger partial charge is 0.235 e. The van der Waals surface area contributed by atoms with Crippen LogP contribution in [0.1, 0.15) is 5.56 Å². The van der Waals surface area contributed by atoms with Crippen molar-refractivity contribution in [1.29, 1.82) is 0 Å². The molecule has 0 radical (unpaired) electrons. The molecule has 0 unspecified atom stereocenters. The first-order chi connectivity index (χ1) is 14.8. The van der Waals surface area contributed by atoms with E-state index in [1.165, 1.54) is 16.0 Å². The molecule has 2 nitrogen and oxygen atoms in total. The van der Waals surface area contributed by atoms with E-state index in [0.29, 0.717) is 5.56 Å². The summed E-state index contributed by atoms with van der Waals surface area (Å²) in [6.45, 7) is 7.08. The molecular weight excluding hydrogens is 426 g/mol. The Balaban J connectivity index is 1.76. The Hall–Kier alpha value is -2.70. The van der Waals surface area contributed by atoms with Crippen LogP contribution in [0.5, 0.6) is 0 Å². The highest BCUT2D eigenvalue weighted by Gasteiger charge is 2.22. The van der Waals surface area contributed by atoms with Gasteiger partial charge in [-0.05, 0) is 28.5 Å². The van der Waals surface area contributed by atoms with Gasteiger partial charge in [-0.2, -0.15) is 0 Å². The van der Waals surface area contributed by atoms with E-state index >= 15 is 0 Å². The van der Waals surface area contributed by atoms with Crippen LogP contribution >= 0.6 is 11.3 Å². The minimum atomic E-state index is -2.35. The van der Waals surface area contributed by atoms with Crippen LogP contribution in [0.3, 0.4) is 0 Å². The van der Waals surface area contributed by atoms with Crippen molar-refractivity contribution < 1.29 is 8.78 Å². The molecule has 0 N–H and O–H groups in total. The number of halogens is 2. The fraction of sp³-hybridized carbons (Fsp3) is 0.200. The van der Waals surface area contributed by atoms with Crippen molar-refractivity contribution in [3.8, 4) is 11.3 Å². The molecule has 0 saturated carbocycles. The van der Waals surface area contributed by atoms with Crippen LogP contribution in [0.15, 0.2) is 60.9 Å². The number of hydrogen-bond acceptors (Lipinski definition) is 3. The summed E-state index contributed by atoms with van der Waals surface area (Å²) in [5.74, 6) is 0. The van der Waals surface area contributed by atoms with Gasteiger partial charge in [0.05, 0.1) is 24.0 Å². The summed E-state index contributed by atoms with van der Waals surface area (Å²) in [6, 6.07) is 18.6. The molecule has 6 heteroatoms.